The number of nitrogens with zero attached hydrogens (tertiary/aromatic N) is 3. The molecular formula is C20H20Cl3N3O. The Bertz CT molecular complexity index is 1040. The minimum Gasteiger partial charge on any atom is -0.302 e. The number of likely N-dealkylation sites (N-methyl/N-ethyl adjacent to an activating group) is 1. The topological polar surface area (TPSA) is 30.2 Å². The van der Waals surface area contributed by atoms with Crippen LogP contribution in [0.5, 0.6) is 0 Å². The molecule has 0 N–H and O–H groups in total. The molecule has 2 aromatic carbocycles. The van der Waals surface area contributed by atoms with Gasteiger partial charge in [-0.1, -0.05) is 41.4 Å². The number of imidazole rings is 1. The quantitative estimate of drug-likeness (QED) is 0.607. The molecule has 1 aliphatic rings. The van der Waals surface area contributed by atoms with Crippen LogP contribution < -0.4 is 5.69 Å². The second-order valence-electron chi connectivity index (χ2n) is 6.83. The maximum atomic E-state index is 12.5. The highest BCUT2D eigenvalue weighted by molar-refractivity contribution is 6.35. The van der Waals surface area contributed by atoms with E-state index in [1.165, 1.54) is 0 Å². The Hall–Kier alpha value is -1.72. The van der Waals surface area contributed by atoms with E-state index in [-0.39, 0.29) is 24.0 Å². The molecule has 1 atom stereocenters. The number of para-hydroxylation sites is 1. The van der Waals surface area contributed by atoms with Crippen molar-refractivity contribution >= 4 is 35.6 Å². The zero-order chi connectivity index (χ0) is 18.4. The van der Waals surface area contributed by atoms with E-state index in [1.54, 1.807) is 34.6 Å². The standard InChI is InChI=1S/C20H19Cl2N3O.ClH/c1-23-11-16(15-9-13(21)10-18(22)17(15)12-23)14-5-3-4-6-19(14)25-8-7-24(2)20(25)26;/h3-10,16H,11-12H2,1-2H3;1H. The van der Waals surface area contributed by atoms with Gasteiger partial charge in [-0.25, -0.2) is 4.79 Å². The highest BCUT2D eigenvalue weighted by atomic mass is 35.5. The minimum absolute atomic E-state index is 0. The van der Waals surface area contributed by atoms with Gasteiger partial charge < -0.3 is 9.47 Å². The third kappa shape index (κ3) is 3.55. The molecule has 1 unspecified atom stereocenters. The molecule has 3 aromatic rings. The molecule has 0 spiro atoms. The lowest BCUT2D eigenvalue weighted by atomic mass is 9.84. The molecule has 27 heavy (non-hydrogen) atoms. The van der Waals surface area contributed by atoms with Gasteiger partial charge in [0.25, 0.3) is 0 Å². The number of hydrogen-bond donors (Lipinski definition) is 0. The maximum Gasteiger partial charge on any atom is 0.332 e. The van der Waals surface area contributed by atoms with Crippen LogP contribution in [0, 0.1) is 0 Å². The first-order valence-corrected chi connectivity index (χ1v) is 9.21. The summed E-state index contributed by atoms with van der Waals surface area (Å²) in [6, 6.07) is 11.8. The van der Waals surface area contributed by atoms with E-state index in [0.717, 1.165) is 35.5 Å². The van der Waals surface area contributed by atoms with Crippen molar-refractivity contribution < 1.29 is 0 Å². The summed E-state index contributed by atoms with van der Waals surface area (Å²) in [5.41, 5.74) is 4.15. The smallest absolute Gasteiger partial charge is 0.302 e. The van der Waals surface area contributed by atoms with E-state index in [0.29, 0.717) is 10.0 Å². The number of rotatable bonds is 2. The summed E-state index contributed by atoms with van der Waals surface area (Å²) in [7, 11) is 3.84. The van der Waals surface area contributed by atoms with Gasteiger partial charge in [0.05, 0.1) is 5.69 Å². The Balaban J connectivity index is 0.00000210. The van der Waals surface area contributed by atoms with E-state index < -0.39 is 0 Å². The van der Waals surface area contributed by atoms with E-state index >= 15 is 0 Å². The molecule has 1 aliphatic heterocycles. The first-order chi connectivity index (χ1) is 12.5. The van der Waals surface area contributed by atoms with Crippen LogP contribution in [0.15, 0.2) is 53.6 Å². The molecule has 2 heterocycles. The largest absolute Gasteiger partial charge is 0.332 e. The summed E-state index contributed by atoms with van der Waals surface area (Å²) in [5.74, 6) is 0.0863. The second kappa shape index (κ2) is 7.72. The summed E-state index contributed by atoms with van der Waals surface area (Å²) in [5, 5.41) is 1.33. The molecule has 0 aliphatic carbocycles. The van der Waals surface area contributed by atoms with Crippen LogP contribution in [-0.4, -0.2) is 27.6 Å². The maximum absolute atomic E-state index is 12.5. The fourth-order valence-corrected chi connectivity index (χ4v) is 4.33. The molecule has 0 saturated heterocycles. The van der Waals surface area contributed by atoms with Gasteiger partial charge in [0.1, 0.15) is 0 Å². The van der Waals surface area contributed by atoms with Crippen molar-refractivity contribution in [1.82, 2.24) is 14.0 Å². The van der Waals surface area contributed by atoms with E-state index in [9.17, 15) is 4.79 Å². The van der Waals surface area contributed by atoms with Crippen molar-refractivity contribution in [2.24, 2.45) is 7.05 Å². The minimum atomic E-state index is -0.0639. The van der Waals surface area contributed by atoms with Gasteiger partial charge in [-0.15, -0.1) is 12.4 Å². The summed E-state index contributed by atoms with van der Waals surface area (Å²) in [6.07, 6.45) is 3.58. The van der Waals surface area contributed by atoms with Gasteiger partial charge in [-0.05, 0) is 41.9 Å². The Morgan fingerprint density at radius 1 is 1.04 bits per heavy atom. The van der Waals surface area contributed by atoms with E-state index in [1.807, 2.05) is 24.3 Å². The molecule has 7 heteroatoms. The van der Waals surface area contributed by atoms with Gasteiger partial charge in [0.2, 0.25) is 0 Å². The number of hydrogen-bond acceptors (Lipinski definition) is 2. The number of aryl methyl sites for hydroxylation is 1. The van der Waals surface area contributed by atoms with Crippen LogP contribution in [0.2, 0.25) is 10.0 Å². The highest BCUT2D eigenvalue weighted by Crippen LogP contribution is 2.39. The molecule has 0 radical (unpaired) electrons. The van der Waals surface area contributed by atoms with Crippen LogP contribution in [0.1, 0.15) is 22.6 Å². The lowest BCUT2D eigenvalue weighted by Crippen LogP contribution is -2.32. The zero-order valence-electron chi connectivity index (χ0n) is 15.0. The van der Waals surface area contributed by atoms with Gasteiger partial charge in [-0.3, -0.25) is 4.57 Å². The summed E-state index contributed by atoms with van der Waals surface area (Å²) < 4.78 is 3.27. The molecule has 0 fully saturated rings. The first-order valence-electron chi connectivity index (χ1n) is 8.45. The van der Waals surface area contributed by atoms with Gasteiger partial charge in [-0.2, -0.15) is 0 Å². The summed E-state index contributed by atoms with van der Waals surface area (Å²) in [6.45, 7) is 1.62. The fourth-order valence-electron chi connectivity index (χ4n) is 3.76. The van der Waals surface area contributed by atoms with E-state index in [2.05, 4.69) is 18.0 Å². The molecule has 0 bridgehead atoms. The Labute approximate surface area is 174 Å². The van der Waals surface area contributed by atoms with E-state index in [4.69, 9.17) is 23.2 Å². The van der Waals surface area contributed by atoms with Crippen molar-refractivity contribution in [3.05, 3.63) is 86.0 Å². The number of halogens is 3. The van der Waals surface area contributed by atoms with Crippen LogP contribution in [-0.2, 0) is 13.6 Å². The SMILES string of the molecule is CN1Cc2c(Cl)cc(Cl)cc2C(c2ccccc2-n2ccn(C)c2=O)C1.Cl. The van der Waals surface area contributed by atoms with Crippen LogP contribution in [0.25, 0.3) is 5.69 Å². The number of benzene rings is 2. The first kappa shape index (κ1) is 20.0. The van der Waals surface area contributed by atoms with Crippen molar-refractivity contribution in [3.8, 4) is 5.69 Å². The van der Waals surface area contributed by atoms with Gasteiger partial charge in [0, 0.05) is 48.5 Å². The van der Waals surface area contributed by atoms with Crippen molar-refractivity contribution in [3.63, 3.8) is 0 Å². The van der Waals surface area contributed by atoms with Crippen molar-refractivity contribution in [2.75, 3.05) is 13.6 Å². The third-order valence-electron chi connectivity index (χ3n) is 5.01. The van der Waals surface area contributed by atoms with Gasteiger partial charge in [0.15, 0.2) is 0 Å². The van der Waals surface area contributed by atoms with Crippen LogP contribution in [0.4, 0.5) is 0 Å². The molecule has 142 valence electrons. The van der Waals surface area contributed by atoms with Gasteiger partial charge >= 0.3 is 5.69 Å². The Morgan fingerprint density at radius 3 is 2.48 bits per heavy atom. The lowest BCUT2D eigenvalue weighted by Gasteiger charge is -2.34. The highest BCUT2D eigenvalue weighted by Gasteiger charge is 2.29. The number of aromatic nitrogens is 2. The predicted molar refractivity (Wildman–Crippen MR) is 113 cm³/mol. The normalized spacial score (nSPS) is 16.7. The molecular weight excluding hydrogens is 405 g/mol. The number of fused-ring (bicyclic) bond motifs is 1. The third-order valence-corrected chi connectivity index (χ3v) is 5.57. The van der Waals surface area contributed by atoms with Crippen molar-refractivity contribution in [1.29, 1.82) is 0 Å². The van der Waals surface area contributed by atoms with Crippen molar-refractivity contribution in [2.45, 2.75) is 12.5 Å². The van der Waals surface area contributed by atoms with Crippen LogP contribution >= 0.6 is 35.6 Å². The molecule has 4 rings (SSSR count). The zero-order valence-corrected chi connectivity index (χ0v) is 17.4. The Kier molecular flexibility index (Phi) is 5.73. The molecule has 0 amide bonds. The fraction of sp³-hybridized carbons (Fsp3) is 0.250. The average Bonchev–Trinajstić information content (AvgIpc) is 2.94. The van der Waals surface area contributed by atoms with Crippen LogP contribution in [0.3, 0.4) is 0 Å². The molecule has 1 aromatic heterocycles. The summed E-state index contributed by atoms with van der Waals surface area (Å²) >= 11 is 12.8. The lowest BCUT2D eigenvalue weighted by molar-refractivity contribution is 0.295. The monoisotopic (exact) mass is 423 g/mol. The Morgan fingerprint density at radius 2 is 1.78 bits per heavy atom. The molecule has 4 nitrogen and oxygen atoms in total. The second-order valence-corrected chi connectivity index (χ2v) is 7.67. The average molecular weight is 425 g/mol. The predicted octanol–water partition coefficient (Wildman–Crippen LogP) is 4.48. The summed E-state index contributed by atoms with van der Waals surface area (Å²) in [4.78, 5) is 14.7. The molecule has 0 saturated carbocycles.